The quantitative estimate of drug-likeness (QED) is 0.904. The van der Waals surface area contributed by atoms with Crippen LogP contribution in [-0.4, -0.2) is 24.0 Å². The maximum Gasteiger partial charge on any atom is 0.253 e. The molecule has 4 heteroatoms. The van der Waals surface area contributed by atoms with Crippen molar-refractivity contribution in [2.24, 2.45) is 0 Å². The summed E-state index contributed by atoms with van der Waals surface area (Å²) in [5.41, 5.74) is 3.50. The molecule has 0 bridgehead atoms. The Labute approximate surface area is 123 Å². The zero-order valence-corrected chi connectivity index (χ0v) is 11.7. The number of hydrogen-bond donors (Lipinski definition) is 2. The Kier molecular flexibility index (Phi) is 3.96. The predicted molar refractivity (Wildman–Crippen MR) is 84.2 cm³/mol. The lowest BCUT2D eigenvalue weighted by molar-refractivity contribution is 0.0955. The van der Waals surface area contributed by atoms with Gasteiger partial charge in [-0.05, 0) is 24.1 Å². The van der Waals surface area contributed by atoms with E-state index in [4.69, 9.17) is 0 Å². The van der Waals surface area contributed by atoms with Crippen molar-refractivity contribution in [3.8, 4) is 0 Å². The van der Waals surface area contributed by atoms with E-state index in [2.05, 4.69) is 27.8 Å². The zero-order chi connectivity index (χ0) is 14.5. The van der Waals surface area contributed by atoms with Crippen LogP contribution in [0.3, 0.4) is 0 Å². The lowest BCUT2D eigenvalue weighted by atomic mass is 10.1. The van der Waals surface area contributed by atoms with Gasteiger partial charge in [-0.15, -0.1) is 0 Å². The van der Waals surface area contributed by atoms with E-state index in [-0.39, 0.29) is 5.91 Å². The lowest BCUT2D eigenvalue weighted by Gasteiger charge is -2.16. The molecule has 0 saturated heterocycles. The van der Waals surface area contributed by atoms with Crippen LogP contribution in [0.25, 0.3) is 6.08 Å². The fourth-order valence-electron chi connectivity index (χ4n) is 2.37. The van der Waals surface area contributed by atoms with Crippen molar-refractivity contribution in [1.82, 2.24) is 10.3 Å². The second-order valence-electron chi connectivity index (χ2n) is 4.89. The van der Waals surface area contributed by atoms with Gasteiger partial charge in [-0.1, -0.05) is 36.4 Å². The summed E-state index contributed by atoms with van der Waals surface area (Å²) in [7, 11) is 0. The van der Waals surface area contributed by atoms with Crippen molar-refractivity contribution in [3.05, 3.63) is 65.5 Å². The number of nitrogens with zero attached hydrogens (tertiary/aromatic N) is 1. The van der Waals surface area contributed by atoms with Crippen molar-refractivity contribution >= 4 is 17.7 Å². The maximum atomic E-state index is 12.3. The summed E-state index contributed by atoms with van der Waals surface area (Å²) in [4.78, 5) is 16.6. The highest BCUT2D eigenvalue weighted by molar-refractivity contribution is 6.01. The zero-order valence-electron chi connectivity index (χ0n) is 11.7. The smallest absolute Gasteiger partial charge is 0.253 e. The predicted octanol–water partition coefficient (Wildman–Crippen LogP) is 2.49. The molecule has 1 aliphatic heterocycles. The van der Waals surface area contributed by atoms with E-state index in [9.17, 15) is 4.79 Å². The Bertz CT molecular complexity index is 665. The molecule has 0 aliphatic carbocycles. The van der Waals surface area contributed by atoms with Crippen molar-refractivity contribution in [2.75, 3.05) is 18.4 Å². The monoisotopic (exact) mass is 279 g/mol. The fraction of sp³-hybridized carbons (Fsp3) is 0.176. The number of benzene rings is 1. The van der Waals surface area contributed by atoms with Gasteiger partial charge in [-0.2, -0.15) is 0 Å². The minimum Gasteiger partial charge on any atom is -0.379 e. The number of pyridine rings is 1. The highest BCUT2D eigenvalue weighted by atomic mass is 16.1. The molecular formula is C17H17N3O. The van der Waals surface area contributed by atoms with Crippen LogP contribution >= 0.6 is 0 Å². The lowest BCUT2D eigenvalue weighted by Crippen LogP contribution is -2.27. The third kappa shape index (κ3) is 3.11. The molecule has 2 aromatic rings. The summed E-state index contributed by atoms with van der Waals surface area (Å²) >= 11 is 0. The van der Waals surface area contributed by atoms with Gasteiger partial charge in [0.2, 0.25) is 0 Å². The second kappa shape index (κ2) is 6.22. The van der Waals surface area contributed by atoms with Crippen molar-refractivity contribution in [2.45, 2.75) is 6.42 Å². The molecular weight excluding hydrogens is 262 g/mol. The van der Waals surface area contributed by atoms with Gasteiger partial charge >= 0.3 is 0 Å². The van der Waals surface area contributed by atoms with Crippen molar-refractivity contribution in [1.29, 1.82) is 0 Å². The second-order valence-corrected chi connectivity index (χ2v) is 4.89. The fourth-order valence-corrected chi connectivity index (χ4v) is 2.37. The molecule has 1 amide bonds. The van der Waals surface area contributed by atoms with Gasteiger partial charge in [0, 0.05) is 19.3 Å². The Hall–Kier alpha value is -2.62. The van der Waals surface area contributed by atoms with E-state index in [0.717, 1.165) is 24.3 Å². The van der Waals surface area contributed by atoms with Crippen LogP contribution in [0.15, 0.2) is 48.7 Å². The standard InChI is InChI=1S/C17H17N3O/c21-17(20-11-8-13-5-2-1-3-6-13)14-9-12-18-15-7-4-10-19-16(14)15/h1-7,9,12,19H,8,10-11H2,(H,20,21). The van der Waals surface area contributed by atoms with E-state index < -0.39 is 0 Å². The molecule has 0 atom stereocenters. The molecule has 21 heavy (non-hydrogen) atoms. The first-order valence-corrected chi connectivity index (χ1v) is 7.06. The van der Waals surface area contributed by atoms with Crippen LogP contribution in [0.5, 0.6) is 0 Å². The number of carbonyl (C=O) groups excluding carboxylic acids is 1. The molecule has 0 spiro atoms. The molecule has 0 radical (unpaired) electrons. The summed E-state index contributed by atoms with van der Waals surface area (Å²) < 4.78 is 0. The molecule has 2 N–H and O–H groups in total. The highest BCUT2D eigenvalue weighted by Gasteiger charge is 2.15. The molecule has 4 nitrogen and oxygen atoms in total. The van der Waals surface area contributed by atoms with Crippen LogP contribution in [-0.2, 0) is 6.42 Å². The number of anilines is 1. The summed E-state index contributed by atoms with van der Waals surface area (Å²) in [6.45, 7) is 1.35. The molecule has 0 unspecified atom stereocenters. The topological polar surface area (TPSA) is 54.0 Å². The first-order valence-electron chi connectivity index (χ1n) is 7.06. The third-order valence-electron chi connectivity index (χ3n) is 3.44. The number of nitrogens with one attached hydrogen (secondary N) is 2. The van der Waals surface area contributed by atoms with Crippen LogP contribution in [0.1, 0.15) is 21.6 Å². The van der Waals surface area contributed by atoms with Crippen LogP contribution in [0, 0.1) is 0 Å². The minimum absolute atomic E-state index is 0.0626. The van der Waals surface area contributed by atoms with Gasteiger partial charge in [0.25, 0.3) is 5.91 Å². The molecule has 2 heterocycles. The Morgan fingerprint density at radius 2 is 2.10 bits per heavy atom. The van der Waals surface area contributed by atoms with Crippen LogP contribution in [0.4, 0.5) is 5.69 Å². The minimum atomic E-state index is -0.0626. The van der Waals surface area contributed by atoms with Gasteiger partial charge in [-0.3, -0.25) is 9.78 Å². The molecule has 1 aliphatic rings. The number of amides is 1. The third-order valence-corrected chi connectivity index (χ3v) is 3.44. The first-order chi connectivity index (χ1) is 10.3. The van der Waals surface area contributed by atoms with E-state index >= 15 is 0 Å². The maximum absolute atomic E-state index is 12.3. The van der Waals surface area contributed by atoms with E-state index in [1.54, 1.807) is 12.3 Å². The summed E-state index contributed by atoms with van der Waals surface area (Å²) in [6.07, 6.45) is 6.43. The van der Waals surface area contributed by atoms with E-state index in [1.165, 1.54) is 5.56 Å². The molecule has 106 valence electrons. The number of carbonyl (C=O) groups is 1. The SMILES string of the molecule is O=C(NCCc1ccccc1)c1ccnc2c1NCC=C2. The molecule has 0 saturated carbocycles. The van der Waals surface area contributed by atoms with Gasteiger partial charge in [0.05, 0.1) is 16.9 Å². The Balaban J connectivity index is 1.65. The molecule has 1 aromatic heterocycles. The van der Waals surface area contributed by atoms with Crippen LogP contribution in [0.2, 0.25) is 0 Å². The van der Waals surface area contributed by atoms with Gasteiger partial charge in [0.1, 0.15) is 0 Å². The molecule has 0 fully saturated rings. The average molecular weight is 279 g/mol. The van der Waals surface area contributed by atoms with E-state index in [0.29, 0.717) is 12.1 Å². The number of aromatic nitrogens is 1. The summed E-state index contributed by atoms with van der Waals surface area (Å²) in [5.74, 6) is -0.0626. The molecule has 1 aromatic carbocycles. The largest absolute Gasteiger partial charge is 0.379 e. The number of hydrogen-bond acceptors (Lipinski definition) is 3. The summed E-state index contributed by atoms with van der Waals surface area (Å²) in [6, 6.07) is 11.9. The average Bonchev–Trinajstić information content (AvgIpc) is 2.55. The number of rotatable bonds is 4. The van der Waals surface area contributed by atoms with Crippen molar-refractivity contribution < 1.29 is 4.79 Å². The Morgan fingerprint density at radius 3 is 2.95 bits per heavy atom. The summed E-state index contributed by atoms with van der Waals surface area (Å²) in [5, 5.41) is 6.18. The Morgan fingerprint density at radius 1 is 1.24 bits per heavy atom. The number of fused-ring (bicyclic) bond motifs is 1. The normalized spacial score (nSPS) is 12.4. The van der Waals surface area contributed by atoms with E-state index in [1.807, 2.05) is 30.4 Å². The highest BCUT2D eigenvalue weighted by Crippen LogP contribution is 2.22. The van der Waals surface area contributed by atoms with Crippen molar-refractivity contribution in [3.63, 3.8) is 0 Å². The molecule has 3 rings (SSSR count). The first kappa shape index (κ1) is 13.4. The van der Waals surface area contributed by atoms with Gasteiger partial charge in [0.15, 0.2) is 0 Å². The van der Waals surface area contributed by atoms with Crippen LogP contribution < -0.4 is 10.6 Å². The van der Waals surface area contributed by atoms with Gasteiger partial charge < -0.3 is 10.6 Å². The van der Waals surface area contributed by atoms with Gasteiger partial charge in [-0.25, -0.2) is 0 Å².